The molecule has 1 aliphatic rings. The van der Waals surface area contributed by atoms with Crippen molar-refractivity contribution >= 4 is 5.91 Å². The van der Waals surface area contributed by atoms with E-state index in [1.54, 1.807) is 7.11 Å². The Hall–Kier alpha value is -1.55. The van der Waals surface area contributed by atoms with Gasteiger partial charge in [0.2, 0.25) is 5.91 Å². The Morgan fingerprint density at radius 3 is 2.44 bits per heavy atom. The van der Waals surface area contributed by atoms with Crippen molar-refractivity contribution in [1.82, 2.24) is 4.90 Å². The quantitative estimate of drug-likeness (QED) is 0.638. The van der Waals surface area contributed by atoms with Crippen LogP contribution in [0.4, 0.5) is 0 Å². The zero-order valence-electron chi connectivity index (χ0n) is 18.0. The molecule has 27 heavy (non-hydrogen) atoms. The van der Waals surface area contributed by atoms with Crippen LogP contribution in [0.1, 0.15) is 65.9 Å². The first-order valence-corrected chi connectivity index (χ1v) is 10.3. The number of hydrogen-bond donors (Lipinski definition) is 0. The van der Waals surface area contributed by atoms with E-state index in [4.69, 9.17) is 9.47 Å². The molecule has 2 rings (SSSR count). The molecule has 0 spiro atoms. The van der Waals surface area contributed by atoms with Crippen molar-refractivity contribution in [2.45, 2.75) is 72.4 Å². The SMILES string of the molecule is CCC(=O)N(CCC1(C(C)C)CCOC(C)(C)C1)Cc1ccc(OC)cc1. The Labute approximate surface area is 165 Å². The number of hydrogen-bond acceptors (Lipinski definition) is 3. The third kappa shape index (κ3) is 5.71. The van der Waals surface area contributed by atoms with Crippen molar-refractivity contribution in [2.24, 2.45) is 11.3 Å². The number of nitrogens with zero attached hydrogens (tertiary/aromatic N) is 1. The van der Waals surface area contributed by atoms with Gasteiger partial charge in [0.25, 0.3) is 0 Å². The molecule has 0 N–H and O–H groups in total. The van der Waals surface area contributed by atoms with E-state index in [0.29, 0.717) is 18.9 Å². The number of amides is 1. The molecule has 1 heterocycles. The first-order valence-electron chi connectivity index (χ1n) is 10.3. The molecule has 1 fully saturated rings. The van der Waals surface area contributed by atoms with Crippen LogP contribution in [0.25, 0.3) is 0 Å². The highest BCUT2D eigenvalue weighted by Gasteiger charge is 2.43. The number of methoxy groups -OCH3 is 1. The zero-order chi connectivity index (χ0) is 20.1. The van der Waals surface area contributed by atoms with Crippen molar-refractivity contribution in [3.63, 3.8) is 0 Å². The molecule has 1 amide bonds. The molecule has 4 heteroatoms. The van der Waals surface area contributed by atoms with E-state index in [9.17, 15) is 4.79 Å². The minimum Gasteiger partial charge on any atom is -0.497 e. The van der Waals surface area contributed by atoms with E-state index in [-0.39, 0.29) is 16.9 Å². The Kier molecular flexibility index (Phi) is 7.32. The summed E-state index contributed by atoms with van der Waals surface area (Å²) in [4.78, 5) is 14.6. The summed E-state index contributed by atoms with van der Waals surface area (Å²) in [6.45, 7) is 13.2. The predicted octanol–water partition coefficient (Wildman–Crippen LogP) is 5.06. The second-order valence-corrected chi connectivity index (χ2v) is 8.82. The van der Waals surface area contributed by atoms with Crippen molar-refractivity contribution in [2.75, 3.05) is 20.3 Å². The number of carbonyl (C=O) groups is 1. The summed E-state index contributed by atoms with van der Waals surface area (Å²) in [5.41, 5.74) is 1.29. The van der Waals surface area contributed by atoms with Crippen molar-refractivity contribution < 1.29 is 14.3 Å². The summed E-state index contributed by atoms with van der Waals surface area (Å²) in [5, 5.41) is 0. The van der Waals surface area contributed by atoms with Gasteiger partial charge in [-0.25, -0.2) is 0 Å². The lowest BCUT2D eigenvalue weighted by Crippen LogP contribution is -2.46. The summed E-state index contributed by atoms with van der Waals surface area (Å²) in [5.74, 6) is 1.63. The molecule has 1 aromatic carbocycles. The van der Waals surface area contributed by atoms with Gasteiger partial charge in [-0.1, -0.05) is 32.9 Å². The Balaban J connectivity index is 2.11. The van der Waals surface area contributed by atoms with Crippen LogP contribution in [-0.4, -0.2) is 36.7 Å². The maximum absolute atomic E-state index is 12.6. The highest BCUT2D eigenvalue weighted by atomic mass is 16.5. The van der Waals surface area contributed by atoms with Gasteiger partial charge in [0, 0.05) is 26.1 Å². The van der Waals surface area contributed by atoms with E-state index in [1.165, 1.54) is 0 Å². The third-order valence-corrected chi connectivity index (χ3v) is 6.16. The fourth-order valence-corrected chi connectivity index (χ4v) is 4.34. The molecule has 1 saturated heterocycles. The van der Waals surface area contributed by atoms with Crippen molar-refractivity contribution in [3.8, 4) is 5.75 Å². The number of benzene rings is 1. The molecule has 0 saturated carbocycles. The largest absolute Gasteiger partial charge is 0.497 e. The fraction of sp³-hybridized carbons (Fsp3) is 0.696. The normalized spacial score (nSPS) is 21.9. The van der Waals surface area contributed by atoms with E-state index < -0.39 is 0 Å². The lowest BCUT2D eigenvalue weighted by Gasteiger charge is -2.48. The van der Waals surface area contributed by atoms with E-state index >= 15 is 0 Å². The molecule has 1 aliphatic heterocycles. The molecule has 1 aromatic rings. The van der Waals surface area contributed by atoms with Gasteiger partial charge in [0.15, 0.2) is 0 Å². The number of rotatable bonds is 8. The average Bonchev–Trinajstić information content (AvgIpc) is 2.64. The molecule has 1 atom stereocenters. The minimum atomic E-state index is -0.0852. The average molecular weight is 376 g/mol. The second kappa shape index (κ2) is 9.09. The standard InChI is InChI=1S/C23H37NO3/c1-7-21(25)24(16-19-8-10-20(26-6)11-9-19)14-12-23(18(2)3)13-15-27-22(4,5)17-23/h8-11,18H,7,12-17H2,1-6H3. The minimum absolute atomic E-state index is 0.0852. The van der Waals surface area contributed by atoms with Gasteiger partial charge in [0.1, 0.15) is 5.75 Å². The molecule has 152 valence electrons. The maximum atomic E-state index is 12.6. The van der Waals surface area contributed by atoms with Gasteiger partial charge in [-0.15, -0.1) is 0 Å². The van der Waals surface area contributed by atoms with Gasteiger partial charge in [0.05, 0.1) is 12.7 Å². The van der Waals surface area contributed by atoms with Crippen LogP contribution in [-0.2, 0) is 16.1 Å². The van der Waals surface area contributed by atoms with E-state index in [2.05, 4.69) is 27.7 Å². The third-order valence-electron chi connectivity index (χ3n) is 6.16. The zero-order valence-corrected chi connectivity index (χ0v) is 18.0. The summed E-state index contributed by atoms with van der Waals surface area (Å²) < 4.78 is 11.2. The number of ether oxygens (including phenoxy) is 2. The molecule has 0 aliphatic carbocycles. The van der Waals surface area contributed by atoms with Crippen LogP contribution in [0.2, 0.25) is 0 Å². The topological polar surface area (TPSA) is 38.8 Å². The summed E-state index contributed by atoms with van der Waals surface area (Å²) in [6.07, 6.45) is 3.69. The Bertz CT molecular complexity index is 609. The predicted molar refractivity (Wildman–Crippen MR) is 110 cm³/mol. The highest BCUT2D eigenvalue weighted by Crippen LogP contribution is 2.47. The van der Waals surface area contributed by atoms with Crippen LogP contribution in [0, 0.1) is 11.3 Å². The summed E-state index contributed by atoms with van der Waals surface area (Å²) >= 11 is 0. The van der Waals surface area contributed by atoms with Crippen LogP contribution in [0.3, 0.4) is 0 Å². The van der Waals surface area contributed by atoms with Gasteiger partial charge in [-0.2, -0.15) is 0 Å². The van der Waals surface area contributed by atoms with E-state index in [1.807, 2.05) is 36.1 Å². The van der Waals surface area contributed by atoms with E-state index in [0.717, 1.165) is 43.7 Å². The van der Waals surface area contributed by atoms with Crippen LogP contribution < -0.4 is 4.74 Å². The highest BCUT2D eigenvalue weighted by molar-refractivity contribution is 5.75. The smallest absolute Gasteiger partial charge is 0.222 e. The molecular formula is C23H37NO3. The van der Waals surface area contributed by atoms with Gasteiger partial charge < -0.3 is 14.4 Å². The monoisotopic (exact) mass is 375 g/mol. The molecule has 4 nitrogen and oxygen atoms in total. The Morgan fingerprint density at radius 1 is 1.26 bits per heavy atom. The lowest BCUT2D eigenvalue weighted by atomic mass is 9.65. The molecule has 0 radical (unpaired) electrons. The van der Waals surface area contributed by atoms with Gasteiger partial charge >= 0.3 is 0 Å². The maximum Gasteiger partial charge on any atom is 0.222 e. The lowest BCUT2D eigenvalue weighted by molar-refractivity contribution is -0.135. The summed E-state index contributed by atoms with van der Waals surface area (Å²) in [7, 11) is 1.67. The van der Waals surface area contributed by atoms with Crippen molar-refractivity contribution in [1.29, 1.82) is 0 Å². The first kappa shape index (κ1) is 21.7. The fourth-order valence-electron chi connectivity index (χ4n) is 4.34. The van der Waals surface area contributed by atoms with Crippen LogP contribution >= 0.6 is 0 Å². The van der Waals surface area contributed by atoms with Crippen LogP contribution in [0.15, 0.2) is 24.3 Å². The van der Waals surface area contributed by atoms with Crippen molar-refractivity contribution in [3.05, 3.63) is 29.8 Å². The van der Waals surface area contributed by atoms with Gasteiger partial charge in [-0.05, 0) is 62.1 Å². The van der Waals surface area contributed by atoms with Crippen LogP contribution in [0.5, 0.6) is 5.75 Å². The Morgan fingerprint density at radius 2 is 1.93 bits per heavy atom. The molecule has 0 bridgehead atoms. The van der Waals surface area contributed by atoms with Gasteiger partial charge in [-0.3, -0.25) is 4.79 Å². The second-order valence-electron chi connectivity index (χ2n) is 8.82. The summed E-state index contributed by atoms with van der Waals surface area (Å²) in [6, 6.07) is 8.01. The molecule has 1 unspecified atom stereocenters. The number of carbonyl (C=O) groups excluding carboxylic acids is 1. The first-order chi connectivity index (χ1) is 12.7. The molecular weight excluding hydrogens is 338 g/mol. The molecule has 0 aromatic heterocycles.